The van der Waals surface area contributed by atoms with Gasteiger partial charge < -0.3 is 23.4 Å². The van der Waals surface area contributed by atoms with Gasteiger partial charge in [0, 0.05) is 13.9 Å². The van der Waals surface area contributed by atoms with E-state index in [9.17, 15) is 0 Å². The van der Waals surface area contributed by atoms with Crippen LogP contribution < -0.4 is 5.32 Å². The minimum Gasteiger partial charge on any atom is -0.518 e. The molecule has 1 aliphatic heterocycles. The average Bonchev–Trinajstić information content (AvgIpc) is 2.91. The summed E-state index contributed by atoms with van der Waals surface area (Å²) in [6, 6.07) is 0.595. The zero-order chi connectivity index (χ0) is 17.2. The van der Waals surface area contributed by atoms with Gasteiger partial charge in [0.25, 0.3) is 0 Å². The molecule has 1 aliphatic rings. The summed E-state index contributed by atoms with van der Waals surface area (Å²) in [5.41, 5.74) is 0. The molecule has 0 bridgehead atoms. The van der Waals surface area contributed by atoms with Gasteiger partial charge in [-0.25, -0.2) is 6.32 Å². The molecule has 0 amide bonds. The molecule has 1 saturated heterocycles. The fourth-order valence-electron chi connectivity index (χ4n) is 2.19. The molecule has 132 valence electrons. The Morgan fingerprint density at radius 1 is 1.26 bits per heavy atom. The molecule has 2 radical (unpaired) electrons. The summed E-state index contributed by atoms with van der Waals surface area (Å²) in [5.74, 6) is 1.28. The van der Waals surface area contributed by atoms with Crippen LogP contribution in [0.4, 0.5) is 0 Å². The van der Waals surface area contributed by atoms with Crippen LogP contribution >= 0.6 is 0 Å². The molecule has 23 heavy (non-hydrogen) atoms. The molecule has 1 rings (SSSR count). The number of rotatable bonds is 8. The summed E-state index contributed by atoms with van der Waals surface area (Å²) in [6.45, 7) is 12.0. The third-order valence-electron chi connectivity index (χ3n) is 3.65. The van der Waals surface area contributed by atoms with Crippen molar-refractivity contribution in [3.63, 3.8) is 0 Å². The van der Waals surface area contributed by atoms with Crippen molar-refractivity contribution in [2.75, 3.05) is 6.54 Å². The molecular weight excluding hydrogens is 505 g/mol. The molecule has 0 aromatic heterocycles. The Balaban J connectivity index is -0.000000265. The predicted octanol–water partition coefficient (Wildman–Crippen LogP) is 5.31. The number of unbranched alkanes of at least 4 members (excludes halogenated alkanes) is 4. The van der Waals surface area contributed by atoms with Crippen LogP contribution in [0.3, 0.4) is 0 Å². The van der Waals surface area contributed by atoms with Crippen LogP contribution in [-0.2, 0) is 0 Å². The standard InChI is InChI=1S/C9H20.C6H11N2.C4H8B.U/c1-4-5-6-7-8-9(2)3;1-5-2-6(3-7)4-8-5;1-2-3-4-5;/h9H,4-8H2,1-3H3;5-8H,2,4H2,1H3;3H,2,4H2,1H3;/q;2*-1;+2. The second kappa shape index (κ2) is 22.7. The van der Waals surface area contributed by atoms with Crippen LogP contribution in [0.2, 0.25) is 6.32 Å². The summed E-state index contributed by atoms with van der Waals surface area (Å²) in [7, 11) is 5.08. The van der Waals surface area contributed by atoms with Gasteiger partial charge >= 0.3 is 31.1 Å². The maximum absolute atomic E-state index is 6.80. The maximum Gasteiger partial charge on any atom is 2.00 e. The third kappa shape index (κ3) is 25.1. The van der Waals surface area contributed by atoms with Gasteiger partial charge in [-0.1, -0.05) is 66.2 Å². The van der Waals surface area contributed by atoms with Crippen LogP contribution in [0.25, 0.3) is 0 Å². The van der Waals surface area contributed by atoms with E-state index >= 15 is 0 Å². The summed E-state index contributed by atoms with van der Waals surface area (Å²) in [6.07, 6.45) is 14.5. The van der Waals surface area contributed by atoms with Gasteiger partial charge in [-0.05, 0) is 19.4 Å². The van der Waals surface area contributed by atoms with E-state index in [4.69, 9.17) is 13.3 Å². The van der Waals surface area contributed by atoms with Gasteiger partial charge in [0.05, 0.1) is 0 Å². The molecule has 0 aromatic carbocycles. The van der Waals surface area contributed by atoms with Crippen molar-refractivity contribution in [3.8, 4) is 0 Å². The number of hydrogen-bond donors (Lipinski definition) is 2. The van der Waals surface area contributed by atoms with Crippen molar-refractivity contribution in [3.05, 3.63) is 6.42 Å². The smallest absolute Gasteiger partial charge is 0.518 e. The third-order valence-corrected chi connectivity index (χ3v) is 3.65. The van der Waals surface area contributed by atoms with E-state index < -0.39 is 0 Å². The van der Waals surface area contributed by atoms with Gasteiger partial charge in [-0.15, -0.1) is 5.92 Å². The molecule has 0 aromatic rings. The topological polar surface area (TPSA) is 35.9 Å². The van der Waals surface area contributed by atoms with Gasteiger partial charge in [0.2, 0.25) is 0 Å². The first kappa shape index (κ1) is 28.5. The first-order valence-corrected chi connectivity index (χ1v) is 9.18. The van der Waals surface area contributed by atoms with Crippen molar-refractivity contribution in [1.82, 2.24) is 5.32 Å². The fraction of sp³-hybridized carbons (Fsp3) is 0.895. The molecule has 2 atom stereocenters. The van der Waals surface area contributed by atoms with Crippen molar-refractivity contribution in [2.45, 2.75) is 91.9 Å². The largest absolute Gasteiger partial charge is 2.00 e. The monoisotopic (exact) mass is 544 g/mol. The normalized spacial score (nSPS) is 19.0. The second-order valence-electron chi connectivity index (χ2n) is 6.56. The Kier molecular flexibility index (Phi) is 28.2. The Labute approximate surface area is 172 Å². The van der Waals surface area contributed by atoms with Crippen LogP contribution in [0.1, 0.15) is 79.6 Å². The summed E-state index contributed by atoms with van der Waals surface area (Å²) in [5, 5.41) is 10.0. The number of hydrogen-bond acceptors (Lipinski definition) is 2. The van der Waals surface area contributed by atoms with E-state index in [1.165, 1.54) is 32.1 Å². The Bertz CT molecular complexity index is 223. The van der Waals surface area contributed by atoms with E-state index in [1.807, 2.05) is 6.42 Å². The van der Waals surface area contributed by atoms with Crippen LogP contribution in [-0.4, -0.2) is 26.6 Å². The second-order valence-corrected chi connectivity index (χ2v) is 6.56. The quantitative estimate of drug-likeness (QED) is 0.185. The zero-order valence-electron chi connectivity index (χ0n) is 16.3. The molecule has 0 saturated carbocycles. The molecule has 2 unspecified atom stereocenters. The first-order chi connectivity index (χ1) is 10.5. The van der Waals surface area contributed by atoms with E-state index in [2.05, 4.69) is 46.2 Å². The van der Waals surface area contributed by atoms with Crippen molar-refractivity contribution in [2.24, 2.45) is 11.8 Å². The first-order valence-electron chi connectivity index (χ1n) is 9.18. The molecule has 2 N–H and O–H groups in total. The minimum atomic E-state index is 0. The molecule has 0 spiro atoms. The summed E-state index contributed by atoms with van der Waals surface area (Å²) >= 11 is 0. The molecule has 1 heterocycles. The van der Waals surface area contributed by atoms with Crippen molar-refractivity contribution < 1.29 is 31.1 Å². The fourth-order valence-corrected chi connectivity index (χ4v) is 2.19. The van der Waals surface area contributed by atoms with Gasteiger partial charge in [-0.2, -0.15) is 6.42 Å². The Hall–Kier alpha value is 0.747. The van der Waals surface area contributed by atoms with Gasteiger partial charge in [0.1, 0.15) is 0 Å². The molecular formula is C19H39BN2U. The Morgan fingerprint density at radius 2 is 1.91 bits per heavy atom. The SMILES string of the molecule is CC1CC([C-]=N)CN1.CCCCCCC(C)C.[B]C[CH-]CC.[U+2]. The van der Waals surface area contributed by atoms with E-state index in [0.29, 0.717) is 12.0 Å². The van der Waals surface area contributed by atoms with Crippen molar-refractivity contribution >= 4 is 14.1 Å². The minimum absolute atomic E-state index is 0. The zero-order valence-corrected chi connectivity index (χ0v) is 20.4. The number of nitrogens with one attached hydrogen (secondary N) is 2. The van der Waals surface area contributed by atoms with Crippen molar-refractivity contribution in [1.29, 1.82) is 5.41 Å². The van der Waals surface area contributed by atoms with E-state index in [-0.39, 0.29) is 31.1 Å². The predicted molar refractivity (Wildman–Crippen MR) is 102 cm³/mol. The molecule has 1 fully saturated rings. The Morgan fingerprint density at radius 3 is 2.17 bits per heavy atom. The van der Waals surface area contributed by atoms with Crippen LogP contribution in [0.15, 0.2) is 0 Å². The summed E-state index contributed by atoms with van der Waals surface area (Å²) in [4.78, 5) is 0. The van der Waals surface area contributed by atoms with Crippen LogP contribution in [0, 0.1) is 54.8 Å². The average molecular weight is 544 g/mol. The van der Waals surface area contributed by atoms with Crippen LogP contribution in [0.5, 0.6) is 0 Å². The maximum atomic E-state index is 6.80. The van der Waals surface area contributed by atoms with E-state index in [0.717, 1.165) is 31.6 Å². The van der Waals surface area contributed by atoms with Gasteiger partial charge in [0.15, 0.2) is 0 Å². The molecule has 0 aliphatic carbocycles. The molecule has 4 heteroatoms. The van der Waals surface area contributed by atoms with E-state index in [1.54, 1.807) is 0 Å². The summed E-state index contributed by atoms with van der Waals surface area (Å²) < 4.78 is 0. The molecule has 2 nitrogen and oxygen atoms in total. The van der Waals surface area contributed by atoms with Gasteiger partial charge in [-0.3, -0.25) is 0 Å².